The maximum absolute atomic E-state index is 12.6. The lowest BCUT2D eigenvalue weighted by Crippen LogP contribution is -2.39. The summed E-state index contributed by atoms with van der Waals surface area (Å²) in [5.74, 6) is 1.53. The number of aromatic nitrogens is 4. The highest BCUT2D eigenvalue weighted by Crippen LogP contribution is 2.35. The Bertz CT molecular complexity index is 937. The molecule has 1 aliphatic rings. The lowest BCUT2D eigenvalue weighted by Gasteiger charge is -2.32. The zero-order valence-corrected chi connectivity index (χ0v) is 16.3. The van der Waals surface area contributed by atoms with Crippen molar-refractivity contribution in [2.45, 2.75) is 38.5 Å². The highest BCUT2D eigenvalue weighted by molar-refractivity contribution is 7.09. The molecular formula is C17H18ClN5O3S. The molecule has 0 saturated carbocycles. The molecular weight excluding hydrogens is 390 g/mol. The Morgan fingerprint density at radius 3 is 3.00 bits per heavy atom. The van der Waals surface area contributed by atoms with Crippen molar-refractivity contribution in [1.82, 2.24) is 24.8 Å². The molecule has 142 valence electrons. The quantitative estimate of drug-likeness (QED) is 0.638. The number of halogens is 1. The van der Waals surface area contributed by atoms with Crippen LogP contribution in [0.1, 0.15) is 42.3 Å². The molecule has 3 aromatic heterocycles. The smallest absolute Gasteiger partial charge is 0.223 e. The third-order valence-electron chi connectivity index (χ3n) is 4.64. The largest absolute Gasteiger partial charge is 0.360 e. The van der Waals surface area contributed by atoms with E-state index in [9.17, 15) is 4.79 Å². The van der Waals surface area contributed by atoms with E-state index < -0.39 is 0 Å². The predicted octanol–water partition coefficient (Wildman–Crippen LogP) is 3.48. The number of piperidine rings is 1. The summed E-state index contributed by atoms with van der Waals surface area (Å²) < 4.78 is 14.5. The molecule has 1 atom stereocenters. The van der Waals surface area contributed by atoms with Crippen molar-refractivity contribution in [1.29, 1.82) is 0 Å². The van der Waals surface area contributed by atoms with E-state index in [2.05, 4.69) is 19.9 Å². The average molecular weight is 408 g/mol. The zero-order valence-electron chi connectivity index (χ0n) is 14.7. The van der Waals surface area contributed by atoms with Gasteiger partial charge in [0.15, 0.2) is 10.9 Å². The van der Waals surface area contributed by atoms with Gasteiger partial charge in [0.05, 0.1) is 11.4 Å². The molecule has 0 spiro atoms. The third-order valence-corrected chi connectivity index (χ3v) is 5.58. The molecule has 1 fully saturated rings. The van der Waals surface area contributed by atoms with E-state index >= 15 is 0 Å². The number of carbonyl (C=O) groups excluding carboxylic acids is 1. The van der Waals surface area contributed by atoms with Gasteiger partial charge in [-0.2, -0.15) is 0 Å². The van der Waals surface area contributed by atoms with Gasteiger partial charge < -0.3 is 13.9 Å². The first-order chi connectivity index (χ1) is 13.1. The molecule has 10 heteroatoms. The lowest BCUT2D eigenvalue weighted by molar-refractivity contribution is -0.132. The molecule has 1 amide bonds. The number of amides is 1. The van der Waals surface area contributed by atoms with E-state index in [4.69, 9.17) is 20.6 Å². The first-order valence-corrected chi connectivity index (χ1v) is 9.90. The summed E-state index contributed by atoms with van der Waals surface area (Å²) in [6.07, 6.45) is 2.74. The fraction of sp³-hybridized carbons (Fsp3) is 0.471. The topological polar surface area (TPSA) is 98.2 Å². The standard InChI is InChI=1S/C17H18ClN5O3S/c1-10-7-13(26-20-10)17-16(19-22-27-17)11-3-2-6-23(9-11)15(24)5-4-12-8-14(18)21-25-12/h7-8,11H,2-6,9H2,1H3/t11-/m1/s1. The number of aryl methyl sites for hydroxylation is 2. The molecule has 0 bridgehead atoms. The van der Waals surface area contributed by atoms with Gasteiger partial charge in [0.2, 0.25) is 5.91 Å². The first-order valence-electron chi connectivity index (χ1n) is 8.75. The third kappa shape index (κ3) is 4.03. The Kier molecular flexibility index (Phi) is 5.22. The van der Waals surface area contributed by atoms with Gasteiger partial charge >= 0.3 is 0 Å². The number of rotatable bonds is 5. The molecule has 0 unspecified atom stereocenters. The molecule has 3 aromatic rings. The van der Waals surface area contributed by atoms with Crippen molar-refractivity contribution < 1.29 is 13.8 Å². The van der Waals surface area contributed by atoms with E-state index in [0.29, 0.717) is 36.1 Å². The second-order valence-electron chi connectivity index (χ2n) is 6.61. The molecule has 4 heterocycles. The normalized spacial score (nSPS) is 17.4. The maximum atomic E-state index is 12.6. The minimum absolute atomic E-state index is 0.0903. The van der Waals surface area contributed by atoms with Crippen LogP contribution in [-0.4, -0.2) is 43.8 Å². The van der Waals surface area contributed by atoms with Crippen LogP contribution in [0.25, 0.3) is 10.6 Å². The van der Waals surface area contributed by atoms with Crippen LogP contribution in [0.3, 0.4) is 0 Å². The molecule has 0 radical (unpaired) electrons. The van der Waals surface area contributed by atoms with E-state index in [1.165, 1.54) is 11.5 Å². The van der Waals surface area contributed by atoms with Gasteiger partial charge in [-0.1, -0.05) is 26.4 Å². The number of hydrogen-bond acceptors (Lipinski definition) is 8. The number of nitrogens with zero attached hydrogens (tertiary/aromatic N) is 5. The second-order valence-corrected chi connectivity index (χ2v) is 7.76. The minimum atomic E-state index is 0.0903. The highest BCUT2D eigenvalue weighted by atomic mass is 35.5. The van der Waals surface area contributed by atoms with Gasteiger partial charge in [0.1, 0.15) is 10.6 Å². The predicted molar refractivity (Wildman–Crippen MR) is 98.5 cm³/mol. The van der Waals surface area contributed by atoms with E-state index in [0.717, 1.165) is 35.7 Å². The van der Waals surface area contributed by atoms with Gasteiger partial charge in [-0.3, -0.25) is 4.79 Å². The summed E-state index contributed by atoms with van der Waals surface area (Å²) in [6, 6.07) is 3.52. The summed E-state index contributed by atoms with van der Waals surface area (Å²) >= 11 is 7.04. The van der Waals surface area contributed by atoms with Crippen LogP contribution < -0.4 is 0 Å². The lowest BCUT2D eigenvalue weighted by atomic mass is 9.93. The van der Waals surface area contributed by atoms with Gasteiger partial charge in [-0.25, -0.2) is 0 Å². The molecule has 4 rings (SSSR count). The summed E-state index contributed by atoms with van der Waals surface area (Å²) in [4.78, 5) is 15.4. The fourth-order valence-corrected chi connectivity index (χ4v) is 4.18. The van der Waals surface area contributed by atoms with Crippen molar-refractivity contribution >= 4 is 29.0 Å². The summed E-state index contributed by atoms with van der Waals surface area (Å²) in [6.45, 7) is 3.26. The maximum Gasteiger partial charge on any atom is 0.223 e. The second kappa shape index (κ2) is 7.77. The Hall–Kier alpha value is -2.26. The Morgan fingerprint density at radius 2 is 2.26 bits per heavy atom. The molecule has 1 saturated heterocycles. The molecule has 8 nitrogen and oxygen atoms in total. The Labute approximate surface area is 164 Å². The average Bonchev–Trinajstić information content (AvgIpc) is 3.40. The molecule has 0 aromatic carbocycles. The number of carbonyl (C=O) groups is 1. The van der Waals surface area contributed by atoms with Crippen LogP contribution in [0, 0.1) is 6.92 Å². The SMILES string of the molecule is Cc1cc(-c2snnc2[C@@H]2CCCN(C(=O)CCc3cc(Cl)no3)C2)on1. The van der Waals surface area contributed by atoms with Crippen molar-refractivity contribution in [2.24, 2.45) is 0 Å². The number of hydrogen-bond donors (Lipinski definition) is 0. The van der Waals surface area contributed by atoms with Crippen LogP contribution in [0.15, 0.2) is 21.2 Å². The van der Waals surface area contributed by atoms with E-state index in [1.54, 1.807) is 6.07 Å². The molecule has 1 aliphatic heterocycles. The minimum Gasteiger partial charge on any atom is -0.360 e. The van der Waals surface area contributed by atoms with Gasteiger partial charge in [0.25, 0.3) is 0 Å². The number of likely N-dealkylation sites (tertiary alicyclic amines) is 1. The van der Waals surface area contributed by atoms with Gasteiger partial charge in [-0.05, 0) is 31.3 Å². The van der Waals surface area contributed by atoms with Gasteiger partial charge in [0, 0.05) is 44.0 Å². The highest BCUT2D eigenvalue weighted by Gasteiger charge is 2.29. The molecule has 0 aliphatic carbocycles. The van der Waals surface area contributed by atoms with E-state index in [1.807, 2.05) is 17.9 Å². The summed E-state index contributed by atoms with van der Waals surface area (Å²) in [7, 11) is 0. The summed E-state index contributed by atoms with van der Waals surface area (Å²) in [5.41, 5.74) is 1.70. The molecule has 27 heavy (non-hydrogen) atoms. The van der Waals surface area contributed by atoms with Crippen LogP contribution in [0.5, 0.6) is 0 Å². The first kappa shape index (κ1) is 18.1. The summed E-state index contributed by atoms with van der Waals surface area (Å²) in [5, 5.41) is 12.2. The van der Waals surface area contributed by atoms with Crippen LogP contribution in [-0.2, 0) is 11.2 Å². The van der Waals surface area contributed by atoms with Crippen molar-refractivity contribution in [3.8, 4) is 10.6 Å². The van der Waals surface area contributed by atoms with Crippen molar-refractivity contribution in [3.63, 3.8) is 0 Å². The zero-order chi connectivity index (χ0) is 18.8. The Morgan fingerprint density at radius 1 is 1.37 bits per heavy atom. The molecule has 0 N–H and O–H groups in total. The van der Waals surface area contributed by atoms with E-state index in [-0.39, 0.29) is 11.8 Å². The van der Waals surface area contributed by atoms with Gasteiger partial charge in [-0.15, -0.1) is 5.10 Å². The van der Waals surface area contributed by atoms with Crippen LogP contribution in [0.4, 0.5) is 0 Å². The van der Waals surface area contributed by atoms with Crippen LogP contribution in [0.2, 0.25) is 5.15 Å². The van der Waals surface area contributed by atoms with Crippen molar-refractivity contribution in [3.05, 3.63) is 34.4 Å². The monoisotopic (exact) mass is 407 g/mol. The fourth-order valence-electron chi connectivity index (χ4n) is 3.33. The Balaban J connectivity index is 1.42. The van der Waals surface area contributed by atoms with Crippen molar-refractivity contribution in [2.75, 3.05) is 13.1 Å². The van der Waals surface area contributed by atoms with Crippen LogP contribution >= 0.6 is 23.1 Å².